The number of fused-ring (bicyclic) bond motifs is 1. The third kappa shape index (κ3) is 2.84. The molecule has 2 aromatic rings. The summed E-state index contributed by atoms with van der Waals surface area (Å²) < 4.78 is 2.76. The average Bonchev–Trinajstić information content (AvgIpc) is 3.14. The van der Waals surface area contributed by atoms with Crippen molar-refractivity contribution in [3.8, 4) is 0 Å². The minimum Gasteiger partial charge on any atom is -0.342 e. The van der Waals surface area contributed by atoms with Gasteiger partial charge in [-0.2, -0.15) is 5.10 Å². The number of carbonyl (C=O) groups is 1. The summed E-state index contributed by atoms with van der Waals surface area (Å²) in [6.45, 7) is 3.99. The van der Waals surface area contributed by atoms with Crippen LogP contribution in [0, 0.1) is 18.3 Å². The lowest BCUT2D eigenvalue weighted by Gasteiger charge is -2.22. The number of hydrogen-bond acceptors (Lipinski definition) is 6. The number of aryl methyl sites for hydroxylation is 1. The predicted molar refractivity (Wildman–Crippen MR) is 98.8 cm³/mol. The second-order valence-electron chi connectivity index (χ2n) is 8.09. The summed E-state index contributed by atoms with van der Waals surface area (Å²) in [4.78, 5) is 43.8. The van der Waals surface area contributed by atoms with Crippen LogP contribution in [0.1, 0.15) is 35.8 Å². The van der Waals surface area contributed by atoms with Gasteiger partial charge in [-0.3, -0.25) is 19.0 Å². The quantitative estimate of drug-likeness (QED) is 0.712. The van der Waals surface area contributed by atoms with Crippen LogP contribution >= 0.6 is 11.3 Å². The topological polar surface area (TPSA) is 90.1 Å². The molecule has 1 unspecified atom stereocenters. The van der Waals surface area contributed by atoms with Crippen LogP contribution < -0.4 is 11.1 Å². The van der Waals surface area contributed by atoms with Crippen LogP contribution in [0.25, 0.3) is 0 Å². The summed E-state index contributed by atoms with van der Waals surface area (Å²) in [5.74, 6) is 1.11. The molecule has 5 rings (SSSR count). The van der Waals surface area contributed by atoms with Gasteiger partial charge in [-0.05, 0) is 26.2 Å². The maximum Gasteiger partial charge on any atom is 0.332 e. The van der Waals surface area contributed by atoms with Gasteiger partial charge in [-0.1, -0.05) is 0 Å². The molecule has 2 aliphatic heterocycles. The number of hydrogen-bond donors (Lipinski definition) is 0. The third-order valence-corrected chi connectivity index (χ3v) is 6.71. The molecule has 4 heterocycles. The van der Waals surface area contributed by atoms with Crippen molar-refractivity contribution in [3.05, 3.63) is 42.6 Å². The molecule has 8 nitrogen and oxygen atoms in total. The molecule has 0 aromatic carbocycles. The largest absolute Gasteiger partial charge is 0.342 e. The molecule has 1 atom stereocenters. The third-order valence-electron chi connectivity index (χ3n) is 5.89. The van der Waals surface area contributed by atoms with Gasteiger partial charge in [0.25, 0.3) is 0 Å². The van der Waals surface area contributed by atoms with Crippen molar-refractivity contribution in [1.82, 2.24) is 24.2 Å². The Bertz CT molecular complexity index is 1050. The van der Waals surface area contributed by atoms with Crippen LogP contribution in [0.4, 0.5) is 0 Å². The highest BCUT2D eigenvalue weighted by atomic mass is 32.1. The monoisotopic (exact) mass is 387 g/mol. The summed E-state index contributed by atoms with van der Waals surface area (Å²) in [5, 5.41) is 7.28. The first-order valence-corrected chi connectivity index (χ1v) is 10.2. The van der Waals surface area contributed by atoms with E-state index < -0.39 is 11.1 Å². The first-order chi connectivity index (χ1) is 12.9. The number of rotatable bonds is 3. The Labute approximate surface area is 159 Å². The fourth-order valence-corrected chi connectivity index (χ4v) is 4.93. The summed E-state index contributed by atoms with van der Waals surface area (Å²) >= 11 is 1.51. The van der Waals surface area contributed by atoms with Gasteiger partial charge in [0.15, 0.2) is 0 Å². The van der Waals surface area contributed by atoms with Crippen molar-refractivity contribution in [3.63, 3.8) is 0 Å². The molecule has 2 fully saturated rings. The molecule has 1 aliphatic carbocycles. The van der Waals surface area contributed by atoms with Crippen molar-refractivity contribution < 1.29 is 4.79 Å². The van der Waals surface area contributed by atoms with E-state index in [4.69, 9.17) is 0 Å². The zero-order valence-electron chi connectivity index (χ0n) is 15.2. The Morgan fingerprint density at radius 1 is 1.30 bits per heavy atom. The van der Waals surface area contributed by atoms with Crippen molar-refractivity contribution in [2.75, 3.05) is 13.1 Å². The Morgan fingerprint density at radius 2 is 2.11 bits per heavy atom. The van der Waals surface area contributed by atoms with Crippen LogP contribution in [0.2, 0.25) is 0 Å². The first-order valence-electron chi connectivity index (χ1n) is 9.35. The lowest BCUT2D eigenvalue weighted by Crippen LogP contribution is -2.43. The normalized spacial score (nSPS) is 24.0. The molecule has 3 aliphatic rings. The second-order valence-corrected chi connectivity index (χ2v) is 9.15. The molecule has 1 spiro atoms. The molecule has 1 saturated heterocycles. The maximum atomic E-state index is 12.6. The number of thiazole rings is 1. The Kier molecular flexibility index (Phi) is 3.65. The van der Waals surface area contributed by atoms with E-state index in [9.17, 15) is 14.4 Å². The van der Waals surface area contributed by atoms with E-state index in [1.54, 1.807) is 0 Å². The Hall–Kier alpha value is -2.29. The van der Waals surface area contributed by atoms with E-state index >= 15 is 0 Å². The summed E-state index contributed by atoms with van der Waals surface area (Å²) in [6, 6.07) is 0. The van der Waals surface area contributed by atoms with E-state index in [-0.39, 0.29) is 23.8 Å². The fraction of sp³-hybridized carbons (Fsp3) is 0.611. The molecule has 1 amide bonds. The highest BCUT2D eigenvalue weighted by molar-refractivity contribution is 7.09. The van der Waals surface area contributed by atoms with Crippen LogP contribution in [-0.4, -0.2) is 43.2 Å². The lowest BCUT2D eigenvalue weighted by atomic mass is 9.86. The first kappa shape index (κ1) is 16.9. The average molecular weight is 387 g/mol. The van der Waals surface area contributed by atoms with E-state index in [1.807, 2.05) is 17.2 Å². The number of aromatic nitrogens is 4. The second kappa shape index (κ2) is 5.85. The van der Waals surface area contributed by atoms with Crippen molar-refractivity contribution >= 4 is 17.2 Å². The molecular weight excluding hydrogens is 366 g/mol. The van der Waals surface area contributed by atoms with Crippen molar-refractivity contribution in [2.45, 2.75) is 45.7 Å². The van der Waals surface area contributed by atoms with Gasteiger partial charge in [0.2, 0.25) is 5.91 Å². The van der Waals surface area contributed by atoms with Crippen LogP contribution in [0.15, 0.2) is 15.0 Å². The van der Waals surface area contributed by atoms with Crippen LogP contribution in [0.5, 0.6) is 0 Å². The van der Waals surface area contributed by atoms with E-state index in [1.165, 1.54) is 20.6 Å². The summed E-state index contributed by atoms with van der Waals surface area (Å²) in [7, 11) is 0. The smallest absolute Gasteiger partial charge is 0.332 e. The van der Waals surface area contributed by atoms with Gasteiger partial charge in [-0.25, -0.2) is 9.67 Å². The molecule has 0 radical (unpaired) electrons. The predicted octanol–water partition coefficient (Wildman–Crippen LogP) is 0.403. The van der Waals surface area contributed by atoms with Gasteiger partial charge in [-0.15, -0.1) is 11.3 Å². The molecule has 1 saturated carbocycles. The maximum absolute atomic E-state index is 12.6. The molecule has 0 bridgehead atoms. The molecule has 9 heteroatoms. The highest BCUT2D eigenvalue weighted by Gasteiger charge is 2.47. The van der Waals surface area contributed by atoms with E-state index in [0.29, 0.717) is 25.3 Å². The van der Waals surface area contributed by atoms with Gasteiger partial charge in [0, 0.05) is 42.8 Å². The van der Waals surface area contributed by atoms with Crippen LogP contribution in [-0.2, 0) is 24.3 Å². The van der Waals surface area contributed by atoms with Crippen molar-refractivity contribution in [1.29, 1.82) is 0 Å². The molecule has 2 aromatic heterocycles. The number of nitrogens with zero attached hydrogens (tertiary/aromatic N) is 5. The molecular formula is C18H21N5O3S. The lowest BCUT2D eigenvalue weighted by molar-refractivity contribution is -0.131. The zero-order valence-corrected chi connectivity index (χ0v) is 16.0. The minimum atomic E-state index is -0.606. The SMILES string of the molecule is Cc1nc(Cn2nc3n(c(=O)c2=O)CC2(CCN(C(=O)C4CC4)C2)C3)cs1. The summed E-state index contributed by atoms with van der Waals surface area (Å²) in [6.07, 6.45) is 3.49. The minimum absolute atomic E-state index is 0.160. The number of amides is 1. The van der Waals surface area contributed by atoms with Gasteiger partial charge >= 0.3 is 11.1 Å². The van der Waals surface area contributed by atoms with Gasteiger partial charge in [0.1, 0.15) is 5.82 Å². The van der Waals surface area contributed by atoms with E-state index in [0.717, 1.165) is 36.5 Å². The Morgan fingerprint density at radius 3 is 2.81 bits per heavy atom. The number of likely N-dealkylation sites (tertiary alicyclic amines) is 1. The fourth-order valence-electron chi connectivity index (χ4n) is 4.33. The standard InChI is InChI=1S/C18H21N5O3S/c1-11-19-13(8-27-11)7-23-17(26)16(25)22-10-18(6-14(22)20-23)4-5-21(9-18)15(24)12-2-3-12/h8,12H,2-7,9-10H2,1H3. The van der Waals surface area contributed by atoms with Gasteiger partial charge in [0.05, 0.1) is 17.2 Å². The molecule has 27 heavy (non-hydrogen) atoms. The van der Waals surface area contributed by atoms with E-state index in [2.05, 4.69) is 10.1 Å². The zero-order chi connectivity index (χ0) is 18.8. The van der Waals surface area contributed by atoms with Crippen molar-refractivity contribution in [2.24, 2.45) is 11.3 Å². The number of carbonyl (C=O) groups excluding carboxylic acids is 1. The summed E-state index contributed by atoms with van der Waals surface area (Å²) in [5.41, 5.74) is -0.542. The Balaban J connectivity index is 1.42. The molecule has 142 valence electrons. The van der Waals surface area contributed by atoms with Crippen LogP contribution in [0.3, 0.4) is 0 Å². The van der Waals surface area contributed by atoms with Gasteiger partial charge < -0.3 is 4.90 Å². The highest BCUT2D eigenvalue weighted by Crippen LogP contribution is 2.41. The molecule has 0 N–H and O–H groups in total.